The molecule has 21 heavy (non-hydrogen) atoms. The molecule has 7 heteroatoms. The van der Waals surface area contributed by atoms with E-state index in [-0.39, 0.29) is 17.5 Å². The summed E-state index contributed by atoms with van der Waals surface area (Å²) >= 11 is 5.52. The molecule has 2 N–H and O–H groups in total. The van der Waals surface area contributed by atoms with Crippen LogP contribution in [0.2, 0.25) is 5.02 Å². The van der Waals surface area contributed by atoms with Gasteiger partial charge in [0.05, 0.1) is 11.5 Å². The van der Waals surface area contributed by atoms with Gasteiger partial charge >= 0.3 is 6.09 Å². The first-order chi connectivity index (χ1) is 9.72. The number of hydrogen-bond donors (Lipinski definition) is 1. The Morgan fingerprint density at radius 3 is 2.24 bits per heavy atom. The Bertz CT molecular complexity index is 526. The van der Waals surface area contributed by atoms with E-state index in [0.717, 1.165) is 12.1 Å². The first-order valence-corrected chi connectivity index (χ1v) is 6.71. The van der Waals surface area contributed by atoms with E-state index in [2.05, 4.69) is 4.74 Å². The minimum atomic E-state index is -1.05. The van der Waals surface area contributed by atoms with Gasteiger partial charge in [-0.15, -0.1) is 0 Å². The van der Waals surface area contributed by atoms with Gasteiger partial charge in [0.15, 0.2) is 5.78 Å². The van der Waals surface area contributed by atoms with Crippen molar-refractivity contribution in [2.45, 2.75) is 20.3 Å². The van der Waals surface area contributed by atoms with Crippen LogP contribution in [0.3, 0.4) is 0 Å². The minimum Gasteiger partial charge on any atom is -0.449 e. The summed E-state index contributed by atoms with van der Waals surface area (Å²) in [5.41, 5.74) is 4.17. The highest BCUT2D eigenvalue weighted by Gasteiger charge is 2.28. The van der Waals surface area contributed by atoms with Crippen LogP contribution in [0.5, 0.6) is 0 Å². The van der Waals surface area contributed by atoms with Crippen molar-refractivity contribution in [1.82, 2.24) is 0 Å². The van der Waals surface area contributed by atoms with Gasteiger partial charge in [-0.3, -0.25) is 4.79 Å². The molecule has 0 bridgehead atoms. The minimum absolute atomic E-state index is 0.0637. The molecule has 1 aromatic carbocycles. The molecule has 0 saturated heterocycles. The Morgan fingerprint density at radius 1 is 1.29 bits per heavy atom. The van der Waals surface area contributed by atoms with Gasteiger partial charge in [-0.2, -0.15) is 0 Å². The Balaban J connectivity index is 3.07. The summed E-state index contributed by atoms with van der Waals surface area (Å²) in [6, 6.07) is 1.72. The normalized spacial score (nSPS) is 12.3. The van der Waals surface area contributed by atoms with Crippen molar-refractivity contribution >= 4 is 23.5 Å². The summed E-state index contributed by atoms with van der Waals surface area (Å²) < 4.78 is 32.2. The quantitative estimate of drug-likeness (QED) is 0.815. The Morgan fingerprint density at radius 2 is 1.81 bits per heavy atom. The number of amides is 1. The molecule has 0 aliphatic carbocycles. The first-order valence-electron chi connectivity index (χ1n) is 6.33. The number of hydrogen-bond acceptors (Lipinski definition) is 3. The predicted molar refractivity (Wildman–Crippen MR) is 74.2 cm³/mol. The van der Waals surface area contributed by atoms with E-state index in [1.54, 1.807) is 0 Å². The maximum absolute atomic E-state index is 13.8. The number of primary amides is 1. The maximum atomic E-state index is 13.8. The number of ether oxygens (including phenoxy) is 1. The van der Waals surface area contributed by atoms with Crippen LogP contribution < -0.4 is 5.73 Å². The molecule has 1 atom stereocenters. The van der Waals surface area contributed by atoms with Crippen molar-refractivity contribution in [3.8, 4) is 0 Å². The fourth-order valence-corrected chi connectivity index (χ4v) is 2.18. The molecule has 1 amide bonds. The fraction of sp³-hybridized carbons (Fsp3) is 0.429. The van der Waals surface area contributed by atoms with Crippen LogP contribution in [0, 0.1) is 23.5 Å². The Hall–Kier alpha value is -1.69. The molecule has 0 aliphatic rings. The second-order valence-electron chi connectivity index (χ2n) is 5.07. The third-order valence-electron chi connectivity index (χ3n) is 2.81. The van der Waals surface area contributed by atoms with Gasteiger partial charge in [-0.1, -0.05) is 25.4 Å². The molecule has 0 spiro atoms. The molecule has 0 saturated carbocycles. The van der Waals surface area contributed by atoms with Crippen molar-refractivity contribution in [3.05, 3.63) is 34.4 Å². The van der Waals surface area contributed by atoms with Gasteiger partial charge in [-0.05, 0) is 24.5 Å². The van der Waals surface area contributed by atoms with Crippen molar-refractivity contribution in [2.75, 3.05) is 6.61 Å². The lowest BCUT2D eigenvalue weighted by Crippen LogP contribution is -2.27. The Labute approximate surface area is 126 Å². The van der Waals surface area contributed by atoms with Crippen LogP contribution in [0.4, 0.5) is 13.6 Å². The molecular weight excluding hydrogens is 304 g/mol. The lowest BCUT2D eigenvalue weighted by molar-refractivity contribution is 0.0789. The lowest BCUT2D eigenvalue weighted by Gasteiger charge is -2.18. The molecule has 116 valence electrons. The van der Waals surface area contributed by atoms with Crippen LogP contribution in [-0.4, -0.2) is 18.5 Å². The second-order valence-corrected chi connectivity index (χ2v) is 5.50. The molecule has 0 aliphatic heterocycles. The first kappa shape index (κ1) is 17.4. The van der Waals surface area contributed by atoms with Gasteiger partial charge in [-0.25, -0.2) is 13.6 Å². The van der Waals surface area contributed by atoms with Crippen LogP contribution in [-0.2, 0) is 4.74 Å². The van der Waals surface area contributed by atoms with E-state index in [9.17, 15) is 18.4 Å². The van der Waals surface area contributed by atoms with Crippen molar-refractivity contribution in [1.29, 1.82) is 0 Å². The molecule has 1 unspecified atom stereocenters. The molecule has 4 nitrogen and oxygen atoms in total. The van der Waals surface area contributed by atoms with Gasteiger partial charge in [0.25, 0.3) is 0 Å². The third kappa shape index (κ3) is 4.97. The highest BCUT2D eigenvalue weighted by Crippen LogP contribution is 2.24. The van der Waals surface area contributed by atoms with E-state index < -0.39 is 35.0 Å². The van der Waals surface area contributed by atoms with E-state index in [0.29, 0.717) is 6.42 Å². The largest absolute Gasteiger partial charge is 0.449 e. The topological polar surface area (TPSA) is 69.4 Å². The van der Waals surface area contributed by atoms with Crippen LogP contribution >= 0.6 is 11.6 Å². The summed E-state index contributed by atoms with van der Waals surface area (Å²) in [5.74, 6) is -3.68. The molecule has 0 heterocycles. The second kappa shape index (κ2) is 7.36. The summed E-state index contributed by atoms with van der Waals surface area (Å²) in [6.45, 7) is 3.34. The highest BCUT2D eigenvalue weighted by molar-refractivity contribution is 6.30. The average molecular weight is 320 g/mol. The number of carbonyl (C=O) groups excluding carboxylic acids is 2. The average Bonchev–Trinajstić information content (AvgIpc) is 2.32. The fourth-order valence-electron chi connectivity index (χ4n) is 1.98. The van der Waals surface area contributed by atoms with E-state index in [1.165, 1.54) is 0 Å². The zero-order valence-electron chi connectivity index (χ0n) is 11.7. The monoisotopic (exact) mass is 319 g/mol. The molecule has 1 aromatic rings. The maximum Gasteiger partial charge on any atom is 0.404 e. The lowest BCUT2D eigenvalue weighted by atomic mass is 9.90. The molecular formula is C14H16ClF2NO3. The van der Waals surface area contributed by atoms with Crippen molar-refractivity contribution in [2.24, 2.45) is 17.6 Å². The number of Topliss-reactive ketones (excluding diaryl/α,β-unsaturated/α-hetero) is 1. The van der Waals surface area contributed by atoms with Crippen LogP contribution in [0.25, 0.3) is 0 Å². The number of halogens is 3. The van der Waals surface area contributed by atoms with E-state index in [1.807, 2.05) is 13.8 Å². The zero-order valence-corrected chi connectivity index (χ0v) is 12.4. The predicted octanol–water partition coefficient (Wildman–Crippen LogP) is 3.56. The summed E-state index contributed by atoms with van der Waals surface area (Å²) in [4.78, 5) is 22.9. The molecule has 1 rings (SSSR count). The third-order valence-corrected chi connectivity index (χ3v) is 3.02. The van der Waals surface area contributed by atoms with Crippen molar-refractivity contribution < 1.29 is 23.1 Å². The molecule has 0 aromatic heterocycles. The highest BCUT2D eigenvalue weighted by atomic mass is 35.5. The molecule has 0 fully saturated rings. The van der Waals surface area contributed by atoms with Gasteiger partial charge in [0.1, 0.15) is 18.2 Å². The molecule has 0 radical (unpaired) electrons. The van der Waals surface area contributed by atoms with Crippen LogP contribution in [0.15, 0.2) is 12.1 Å². The smallest absolute Gasteiger partial charge is 0.404 e. The standard InChI is InChI=1S/C14H16ClF2NO3/c1-7(2)3-8(6-21-14(18)20)13(19)12-10(16)4-9(15)5-11(12)17/h4-5,7-8H,3,6H2,1-2H3,(H2,18,20). The number of rotatable bonds is 6. The number of benzene rings is 1. The van der Waals surface area contributed by atoms with Gasteiger partial charge in [0, 0.05) is 5.02 Å². The number of nitrogens with two attached hydrogens (primary N) is 1. The number of ketones is 1. The van der Waals surface area contributed by atoms with Crippen molar-refractivity contribution in [3.63, 3.8) is 0 Å². The SMILES string of the molecule is CC(C)CC(COC(N)=O)C(=O)c1c(F)cc(Cl)cc1F. The zero-order chi connectivity index (χ0) is 16.2. The Kier molecular flexibility index (Phi) is 6.08. The summed E-state index contributed by atoms with van der Waals surface area (Å²) in [6.07, 6.45) is -0.748. The van der Waals surface area contributed by atoms with E-state index >= 15 is 0 Å². The van der Waals surface area contributed by atoms with Crippen LogP contribution in [0.1, 0.15) is 30.6 Å². The summed E-state index contributed by atoms with van der Waals surface area (Å²) in [7, 11) is 0. The van der Waals surface area contributed by atoms with Gasteiger partial charge < -0.3 is 10.5 Å². The van der Waals surface area contributed by atoms with E-state index in [4.69, 9.17) is 17.3 Å². The van der Waals surface area contributed by atoms with Gasteiger partial charge in [0.2, 0.25) is 0 Å². The number of carbonyl (C=O) groups is 2. The summed E-state index contributed by atoms with van der Waals surface area (Å²) in [5, 5.41) is -0.143.